The van der Waals surface area contributed by atoms with E-state index in [1.807, 2.05) is 0 Å². The first-order chi connectivity index (χ1) is 10.1. The van der Waals surface area contributed by atoms with E-state index in [1.54, 1.807) is 30.3 Å². The molecule has 6 nitrogen and oxygen atoms in total. The number of nitrogen functional groups attached to an aromatic ring is 1. The summed E-state index contributed by atoms with van der Waals surface area (Å²) in [6.45, 7) is 0. The van der Waals surface area contributed by atoms with Gasteiger partial charge in [-0.3, -0.25) is 0 Å². The zero-order chi connectivity index (χ0) is 15.2. The van der Waals surface area contributed by atoms with Gasteiger partial charge in [-0.05, 0) is 30.3 Å². The van der Waals surface area contributed by atoms with E-state index in [9.17, 15) is 9.59 Å². The molecule has 0 saturated heterocycles. The first-order valence-electron chi connectivity index (χ1n) is 6.02. The van der Waals surface area contributed by atoms with E-state index in [0.717, 1.165) is 0 Å². The van der Waals surface area contributed by atoms with Crippen molar-refractivity contribution in [2.45, 2.75) is 0 Å². The van der Waals surface area contributed by atoms with Crippen molar-refractivity contribution < 1.29 is 23.8 Å². The van der Waals surface area contributed by atoms with Crippen molar-refractivity contribution in [3.05, 3.63) is 54.1 Å². The number of anilines is 1. The van der Waals surface area contributed by atoms with Crippen LogP contribution in [0.15, 0.2) is 48.5 Å². The number of rotatable bonds is 3. The molecule has 0 saturated carbocycles. The zero-order valence-electron chi connectivity index (χ0n) is 11.2. The fourth-order valence-corrected chi connectivity index (χ4v) is 1.60. The Labute approximate surface area is 121 Å². The summed E-state index contributed by atoms with van der Waals surface area (Å²) in [5.74, 6) is -0.320. The third-order valence-corrected chi connectivity index (χ3v) is 2.55. The largest absolute Gasteiger partial charge is 0.519 e. The third kappa shape index (κ3) is 3.73. The first kappa shape index (κ1) is 14.4. The van der Waals surface area contributed by atoms with Gasteiger partial charge in [0.1, 0.15) is 17.1 Å². The lowest BCUT2D eigenvalue weighted by molar-refractivity contribution is 0.0597. The summed E-state index contributed by atoms with van der Waals surface area (Å²) < 4.78 is 14.6. The lowest BCUT2D eigenvalue weighted by Gasteiger charge is -2.09. The van der Waals surface area contributed by atoms with Crippen molar-refractivity contribution in [2.24, 2.45) is 0 Å². The van der Waals surface area contributed by atoms with Gasteiger partial charge < -0.3 is 19.9 Å². The lowest BCUT2D eigenvalue weighted by Crippen LogP contribution is -2.16. The summed E-state index contributed by atoms with van der Waals surface area (Å²) in [7, 11) is 1.22. The molecule has 2 rings (SSSR count). The molecule has 0 aliphatic heterocycles. The molecule has 108 valence electrons. The van der Waals surface area contributed by atoms with E-state index in [4.69, 9.17) is 15.2 Å². The van der Waals surface area contributed by atoms with Gasteiger partial charge in [-0.2, -0.15) is 0 Å². The molecule has 0 spiro atoms. The molecule has 2 aromatic rings. The van der Waals surface area contributed by atoms with Crippen LogP contribution in [0.25, 0.3) is 0 Å². The van der Waals surface area contributed by atoms with E-state index in [0.29, 0.717) is 11.4 Å². The van der Waals surface area contributed by atoms with Crippen LogP contribution in [0.1, 0.15) is 10.4 Å². The summed E-state index contributed by atoms with van der Waals surface area (Å²) >= 11 is 0. The molecule has 0 aromatic heterocycles. The van der Waals surface area contributed by atoms with E-state index in [1.165, 1.54) is 25.3 Å². The molecule has 0 aliphatic rings. The summed E-state index contributed by atoms with van der Waals surface area (Å²) in [5, 5.41) is 0. The summed E-state index contributed by atoms with van der Waals surface area (Å²) in [6.07, 6.45) is -0.962. The molecule has 21 heavy (non-hydrogen) atoms. The Bertz CT molecular complexity index is 654. The molecule has 0 fully saturated rings. The Kier molecular flexibility index (Phi) is 4.40. The number of para-hydroxylation sites is 1. The fourth-order valence-electron chi connectivity index (χ4n) is 1.60. The van der Waals surface area contributed by atoms with Crippen LogP contribution in [0, 0.1) is 0 Å². The number of methoxy groups -OCH3 is 1. The fraction of sp³-hybridized carbons (Fsp3) is 0.0667. The minimum absolute atomic E-state index is 0.0111. The molecule has 0 unspecified atom stereocenters. The average Bonchev–Trinajstić information content (AvgIpc) is 2.49. The first-order valence-corrected chi connectivity index (χ1v) is 6.02. The van der Waals surface area contributed by atoms with Crippen molar-refractivity contribution >= 4 is 17.8 Å². The van der Waals surface area contributed by atoms with Crippen molar-refractivity contribution in [1.29, 1.82) is 0 Å². The third-order valence-electron chi connectivity index (χ3n) is 2.55. The molecule has 0 bridgehead atoms. The number of carbonyl (C=O) groups excluding carboxylic acids is 2. The van der Waals surface area contributed by atoms with Gasteiger partial charge in [0.25, 0.3) is 0 Å². The Morgan fingerprint density at radius 1 is 1.00 bits per heavy atom. The molecule has 0 heterocycles. The molecule has 2 N–H and O–H groups in total. The van der Waals surface area contributed by atoms with Gasteiger partial charge in [0.05, 0.1) is 7.11 Å². The highest BCUT2D eigenvalue weighted by atomic mass is 16.7. The van der Waals surface area contributed by atoms with Crippen LogP contribution in [-0.2, 0) is 4.74 Å². The molecule has 0 atom stereocenters. The molecule has 0 radical (unpaired) electrons. The number of ether oxygens (including phenoxy) is 3. The van der Waals surface area contributed by atoms with Crippen molar-refractivity contribution in [2.75, 3.05) is 12.8 Å². The lowest BCUT2D eigenvalue weighted by atomic mass is 10.2. The Balaban J connectivity index is 2.15. The standard InChI is InChI=1S/C15H13NO5/c1-19-14(17)12-9-10(16)7-8-13(12)21-15(18)20-11-5-3-2-4-6-11/h2-9H,16H2,1H3. The number of hydrogen-bond acceptors (Lipinski definition) is 6. The maximum atomic E-state index is 11.7. The molecule has 2 aromatic carbocycles. The Morgan fingerprint density at radius 3 is 2.38 bits per heavy atom. The van der Waals surface area contributed by atoms with Gasteiger partial charge in [0, 0.05) is 5.69 Å². The maximum Gasteiger partial charge on any atom is 0.519 e. The highest BCUT2D eigenvalue weighted by Crippen LogP contribution is 2.23. The van der Waals surface area contributed by atoms with Gasteiger partial charge in [0.2, 0.25) is 0 Å². The second-order valence-electron chi connectivity index (χ2n) is 4.01. The topological polar surface area (TPSA) is 87.9 Å². The predicted molar refractivity (Wildman–Crippen MR) is 75.3 cm³/mol. The van der Waals surface area contributed by atoms with Crippen LogP contribution in [-0.4, -0.2) is 19.2 Å². The zero-order valence-corrected chi connectivity index (χ0v) is 11.2. The quantitative estimate of drug-likeness (QED) is 0.530. The Hall–Kier alpha value is -3.02. The van der Waals surface area contributed by atoms with E-state index in [2.05, 4.69) is 4.74 Å². The van der Waals surface area contributed by atoms with Crippen LogP contribution in [0.5, 0.6) is 11.5 Å². The second-order valence-corrected chi connectivity index (χ2v) is 4.01. The molecule has 6 heteroatoms. The van der Waals surface area contributed by atoms with Crippen LogP contribution < -0.4 is 15.2 Å². The van der Waals surface area contributed by atoms with Crippen molar-refractivity contribution in [3.8, 4) is 11.5 Å². The molecule has 0 aliphatic carbocycles. The normalized spacial score (nSPS) is 9.76. The number of esters is 1. The Morgan fingerprint density at radius 2 is 1.71 bits per heavy atom. The minimum Gasteiger partial charge on any atom is -0.465 e. The smallest absolute Gasteiger partial charge is 0.465 e. The van der Waals surface area contributed by atoms with Crippen LogP contribution in [0.3, 0.4) is 0 Å². The number of benzene rings is 2. The summed E-state index contributed by atoms with van der Waals surface area (Å²) in [4.78, 5) is 23.3. The number of nitrogens with two attached hydrogens (primary N) is 1. The van der Waals surface area contributed by atoms with Crippen LogP contribution in [0.2, 0.25) is 0 Å². The number of carbonyl (C=O) groups is 2. The van der Waals surface area contributed by atoms with Gasteiger partial charge in [-0.25, -0.2) is 9.59 Å². The van der Waals surface area contributed by atoms with Crippen molar-refractivity contribution in [3.63, 3.8) is 0 Å². The van der Waals surface area contributed by atoms with E-state index in [-0.39, 0.29) is 11.3 Å². The van der Waals surface area contributed by atoms with Crippen LogP contribution >= 0.6 is 0 Å². The van der Waals surface area contributed by atoms with E-state index >= 15 is 0 Å². The highest BCUT2D eigenvalue weighted by molar-refractivity contribution is 5.94. The molecule has 0 amide bonds. The number of hydrogen-bond donors (Lipinski definition) is 1. The van der Waals surface area contributed by atoms with Gasteiger partial charge in [-0.15, -0.1) is 0 Å². The van der Waals surface area contributed by atoms with Crippen LogP contribution in [0.4, 0.5) is 10.5 Å². The van der Waals surface area contributed by atoms with Gasteiger partial charge in [0.15, 0.2) is 0 Å². The summed E-state index contributed by atoms with van der Waals surface area (Å²) in [6, 6.07) is 12.7. The minimum atomic E-state index is -0.962. The highest BCUT2D eigenvalue weighted by Gasteiger charge is 2.17. The SMILES string of the molecule is COC(=O)c1cc(N)ccc1OC(=O)Oc1ccccc1. The molecular weight excluding hydrogens is 274 g/mol. The van der Waals surface area contributed by atoms with Gasteiger partial charge in [-0.1, -0.05) is 18.2 Å². The second kappa shape index (κ2) is 6.42. The predicted octanol–water partition coefficient (Wildman–Crippen LogP) is 2.63. The summed E-state index contributed by atoms with van der Waals surface area (Å²) in [5.41, 5.74) is 5.99. The van der Waals surface area contributed by atoms with E-state index < -0.39 is 12.1 Å². The average molecular weight is 287 g/mol. The van der Waals surface area contributed by atoms with Crippen molar-refractivity contribution in [1.82, 2.24) is 0 Å². The molecular formula is C15H13NO5. The monoisotopic (exact) mass is 287 g/mol. The maximum absolute atomic E-state index is 11.7. The van der Waals surface area contributed by atoms with Gasteiger partial charge >= 0.3 is 12.1 Å².